The summed E-state index contributed by atoms with van der Waals surface area (Å²) >= 11 is 4.96. The Morgan fingerprint density at radius 1 is 1.19 bits per heavy atom. The molecule has 0 amide bonds. The van der Waals surface area contributed by atoms with Gasteiger partial charge in [-0.05, 0) is 42.2 Å². The molecule has 3 nitrogen and oxygen atoms in total. The van der Waals surface area contributed by atoms with Crippen molar-refractivity contribution in [2.24, 2.45) is 0 Å². The van der Waals surface area contributed by atoms with Crippen LogP contribution in [0.5, 0.6) is 5.75 Å². The zero-order valence-electron chi connectivity index (χ0n) is 11.8. The Balaban J connectivity index is 2.07. The highest BCUT2D eigenvalue weighted by Crippen LogP contribution is 2.26. The molecule has 2 aromatic carbocycles. The Hall–Kier alpha value is -1.46. The predicted octanol–water partition coefficient (Wildman–Crippen LogP) is 4.54. The zero-order valence-corrected chi connectivity index (χ0v) is 14.2. The van der Waals surface area contributed by atoms with E-state index >= 15 is 0 Å². The second-order valence-electron chi connectivity index (χ2n) is 4.27. The Labute approximate surface area is 136 Å². The first-order chi connectivity index (χ1) is 10.1. The van der Waals surface area contributed by atoms with Crippen LogP contribution in [0.15, 0.2) is 51.8 Å². The van der Waals surface area contributed by atoms with Gasteiger partial charge in [0.25, 0.3) is 0 Å². The number of hydrogen-bond donors (Lipinski definition) is 0. The lowest BCUT2D eigenvalue weighted by Gasteiger charge is -2.10. The van der Waals surface area contributed by atoms with Gasteiger partial charge in [-0.1, -0.05) is 28.1 Å². The van der Waals surface area contributed by atoms with Crippen molar-refractivity contribution in [3.8, 4) is 5.75 Å². The fourth-order valence-electron chi connectivity index (χ4n) is 1.77. The van der Waals surface area contributed by atoms with Crippen LogP contribution in [0, 0.1) is 0 Å². The van der Waals surface area contributed by atoms with Crippen LogP contribution in [0.25, 0.3) is 0 Å². The number of hydrogen-bond acceptors (Lipinski definition) is 4. The van der Waals surface area contributed by atoms with Crippen LogP contribution in [-0.4, -0.2) is 19.3 Å². The summed E-state index contributed by atoms with van der Waals surface area (Å²) < 4.78 is 11.6. The molecule has 0 N–H and O–H groups in total. The lowest BCUT2D eigenvalue weighted by Crippen LogP contribution is -2.07. The first kappa shape index (κ1) is 15.9. The molecule has 0 heterocycles. The molecule has 2 aromatic rings. The highest BCUT2D eigenvalue weighted by atomic mass is 79.9. The molecule has 0 saturated heterocycles. The molecule has 110 valence electrons. The Kier molecular flexibility index (Phi) is 5.70. The number of benzene rings is 2. The van der Waals surface area contributed by atoms with E-state index in [-0.39, 0.29) is 12.6 Å². The van der Waals surface area contributed by atoms with Gasteiger partial charge in [-0.25, -0.2) is 4.79 Å². The minimum Gasteiger partial charge on any atom is -0.496 e. The van der Waals surface area contributed by atoms with Gasteiger partial charge in [0.15, 0.2) is 0 Å². The van der Waals surface area contributed by atoms with Crippen molar-refractivity contribution < 1.29 is 14.3 Å². The number of rotatable bonds is 5. The summed E-state index contributed by atoms with van der Waals surface area (Å²) in [4.78, 5) is 13.2. The molecule has 0 aliphatic heterocycles. The van der Waals surface area contributed by atoms with Crippen molar-refractivity contribution in [1.82, 2.24) is 0 Å². The van der Waals surface area contributed by atoms with Crippen molar-refractivity contribution in [2.75, 3.05) is 13.4 Å². The standard InChI is InChI=1S/C16H15BrO3S/c1-19-15-9-13(21-2)7-8-14(15)16(18)20-10-11-3-5-12(17)6-4-11/h3-9H,10H2,1-2H3. The lowest BCUT2D eigenvalue weighted by molar-refractivity contribution is 0.0469. The quantitative estimate of drug-likeness (QED) is 0.574. The molecule has 0 unspecified atom stereocenters. The summed E-state index contributed by atoms with van der Waals surface area (Å²) in [6.07, 6.45) is 1.97. The molecular formula is C16H15BrO3S. The second-order valence-corrected chi connectivity index (χ2v) is 6.06. The molecule has 0 bridgehead atoms. The van der Waals surface area contributed by atoms with Crippen molar-refractivity contribution in [3.05, 3.63) is 58.1 Å². The minimum absolute atomic E-state index is 0.236. The van der Waals surface area contributed by atoms with Gasteiger partial charge in [-0.3, -0.25) is 0 Å². The molecule has 2 rings (SSSR count). The van der Waals surface area contributed by atoms with Crippen molar-refractivity contribution >= 4 is 33.7 Å². The normalized spacial score (nSPS) is 10.2. The summed E-state index contributed by atoms with van der Waals surface area (Å²) in [6, 6.07) is 13.1. The van der Waals surface area contributed by atoms with E-state index in [2.05, 4.69) is 15.9 Å². The van der Waals surface area contributed by atoms with E-state index in [1.54, 1.807) is 24.9 Å². The first-order valence-electron chi connectivity index (χ1n) is 6.27. The first-order valence-corrected chi connectivity index (χ1v) is 8.29. The molecule has 0 aromatic heterocycles. The van der Waals surface area contributed by atoms with Crippen LogP contribution >= 0.6 is 27.7 Å². The lowest BCUT2D eigenvalue weighted by atomic mass is 10.2. The maximum Gasteiger partial charge on any atom is 0.342 e. The SMILES string of the molecule is COc1cc(SC)ccc1C(=O)OCc1ccc(Br)cc1. The van der Waals surface area contributed by atoms with Gasteiger partial charge >= 0.3 is 5.97 Å². The average Bonchev–Trinajstić information content (AvgIpc) is 2.53. The van der Waals surface area contributed by atoms with E-state index in [4.69, 9.17) is 9.47 Å². The largest absolute Gasteiger partial charge is 0.496 e. The number of esters is 1. The summed E-state index contributed by atoms with van der Waals surface area (Å²) in [7, 11) is 1.55. The molecule has 0 radical (unpaired) electrons. The van der Waals surface area contributed by atoms with Gasteiger partial charge in [-0.15, -0.1) is 11.8 Å². The van der Waals surface area contributed by atoms with Gasteiger partial charge in [0, 0.05) is 9.37 Å². The third kappa shape index (κ3) is 4.25. The Bertz CT molecular complexity index is 626. The number of carbonyl (C=O) groups is 1. The Morgan fingerprint density at radius 3 is 2.52 bits per heavy atom. The Morgan fingerprint density at radius 2 is 1.90 bits per heavy atom. The molecular weight excluding hydrogens is 352 g/mol. The molecule has 0 atom stereocenters. The second kappa shape index (κ2) is 7.52. The third-order valence-corrected chi connectivity index (χ3v) is 4.17. The summed E-state index contributed by atoms with van der Waals surface area (Å²) in [5.74, 6) is 0.144. The van der Waals surface area contributed by atoms with Crippen molar-refractivity contribution in [1.29, 1.82) is 0 Å². The third-order valence-electron chi connectivity index (χ3n) is 2.91. The number of methoxy groups -OCH3 is 1. The summed E-state index contributed by atoms with van der Waals surface area (Å²) in [6.45, 7) is 0.236. The molecule has 21 heavy (non-hydrogen) atoms. The fraction of sp³-hybridized carbons (Fsp3) is 0.188. The highest BCUT2D eigenvalue weighted by Gasteiger charge is 2.14. The van der Waals surface area contributed by atoms with E-state index in [1.807, 2.05) is 42.7 Å². The predicted molar refractivity (Wildman–Crippen MR) is 88.0 cm³/mol. The zero-order chi connectivity index (χ0) is 15.2. The molecule has 0 aliphatic carbocycles. The van der Waals surface area contributed by atoms with Crippen molar-refractivity contribution in [3.63, 3.8) is 0 Å². The van der Waals surface area contributed by atoms with Crippen LogP contribution in [0.2, 0.25) is 0 Å². The molecule has 0 fully saturated rings. The van der Waals surface area contributed by atoms with E-state index in [0.29, 0.717) is 11.3 Å². The smallest absolute Gasteiger partial charge is 0.342 e. The highest BCUT2D eigenvalue weighted by molar-refractivity contribution is 9.10. The van der Waals surface area contributed by atoms with Gasteiger partial charge < -0.3 is 9.47 Å². The van der Waals surface area contributed by atoms with E-state index < -0.39 is 0 Å². The molecule has 0 saturated carbocycles. The number of ether oxygens (including phenoxy) is 2. The van der Waals surface area contributed by atoms with E-state index in [1.165, 1.54) is 0 Å². The van der Waals surface area contributed by atoms with Gasteiger partial charge in [-0.2, -0.15) is 0 Å². The summed E-state index contributed by atoms with van der Waals surface area (Å²) in [5.41, 5.74) is 1.37. The maximum atomic E-state index is 12.1. The van der Waals surface area contributed by atoms with Crippen LogP contribution in [-0.2, 0) is 11.3 Å². The topological polar surface area (TPSA) is 35.5 Å². The number of thioether (sulfide) groups is 1. The van der Waals surface area contributed by atoms with Crippen LogP contribution in [0.4, 0.5) is 0 Å². The van der Waals surface area contributed by atoms with E-state index in [9.17, 15) is 4.79 Å². The van der Waals surface area contributed by atoms with Gasteiger partial charge in [0.05, 0.1) is 7.11 Å². The maximum absolute atomic E-state index is 12.1. The number of carbonyl (C=O) groups excluding carboxylic acids is 1. The number of halogens is 1. The van der Waals surface area contributed by atoms with Crippen LogP contribution in [0.1, 0.15) is 15.9 Å². The fourth-order valence-corrected chi connectivity index (χ4v) is 2.47. The summed E-state index contributed by atoms with van der Waals surface area (Å²) in [5, 5.41) is 0. The molecule has 0 aliphatic rings. The average molecular weight is 367 g/mol. The minimum atomic E-state index is -0.387. The van der Waals surface area contributed by atoms with E-state index in [0.717, 1.165) is 14.9 Å². The van der Waals surface area contributed by atoms with Crippen LogP contribution in [0.3, 0.4) is 0 Å². The molecule has 0 spiro atoms. The molecule has 5 heteroatoms. The van der Waals surface area contributed by atoms with Crippen LogP contribution < -0.4 is 4.74 Å². The van der Waals surface area contributed by atoms with Gasteiger partial charge in [0.1, 0.15) is 17.9 Å². The monoisotopic (exact) mass is 366 g/mol. The van der Waals surface area contributed by atoms with Gasteiger partial charge in [0.2, 0.25) is 0 Å². The van der Waals surface area contributed by atoms with Crippen molar-refractivity contribution in [2.45, 2.75) is 11.5 Å².